The Morgan fingerprint density at radius 2 is 1.95 bits per heavy atom. The van der Waals surface area contributed by atoms with Crippen LogP contribution < -0.4 is 0 Å². The van der Waals surface area contributed by atoms with Gasteiger partial charge in [0, 0.05) is 41.5 Å². The summed E-state index contributed by atoms with van der Waals surface area (Å²) in [6.45, 7) is 0.805. The average Bonchev–Trinajstić information content (AvgIpc) is 2.77. The van der Waals surface area contributed by atoms with Gasteiger partial charge in [-0.1, -0.05) is 17.7 Å². The molecule has 1 fully saturated rings. The molecule has 102 valence electrons. The summed E-state index contributed by atoms with van der Waals surface area (Å²) >= 11 is 6.14. The fraction of sp³-hybridized carbons (Fsp3) is 0.467. The van der Waals surface area contributed by atoms with Crippen LogP contribution in [0.2, 0.25) is 5.02 Å². The second kappa shape index (κ2) is 4.78. The molecule has 1 saturated carbocycles. The number of halogens is 3. The zero-order chi connectivity index (χ0) is 13.5. The van der Waals surface area contributed by atoms with Gasteiger partial charge in [-0.2, -0.15) is 0 Å². The largest absolute Gasteiger partial charge is 0.347 e. The molecule has 0 bridgehead atoms. The molecule has 19 heavy (non-hydrogen) atoms. The number of hydrogen-bond donors (Lipinski definition) is 0. The predicted molar refractivity (Wildman–Crippen MR) is 73.9 cm³/mol. The SMILES string of the molecule is FC1(F)CCC(Cn2ccc3c(Cl)cccc32)CC1. The molecule has 1 aliphatic rings. The van der Waals surface area contributed by atoms with Crippen LogP contribution in [-0.4, -0.2) is 10.5 Å². The van der Waals surface area contributed by atoms with Gasteiger partial charge < -0.3 is 4.57 Å². The number of hydrogen-bond acceptors (Lipinski definition) is 0. The third-order valence-electron chi connectivity index (χ3n) is 4.05. The first kappa shape index (κ1) is 12.9. The second-order valence-corrected chi connectivity index (χ2v) is 5.85. The van der Waals surface area contributed by atoms with Gasteiger partial charge >= 0.3 is 0 Å². The maximum Gasteiger partial charge on any atom is 0.248 e. The summed E-state index contributed by atoms with van der Waals surface area (Å²) in [6, 6.07) is 7.82. The Bertz CT molecular complexity index is 581. The zero-order valence-electron chi connectivity index (χ0n) is 10.6. The van der Waals surface area contributed by atoms with E-state index in [2.05, 4.69) is 4.57 Å². The smallest absolute Gasteiger partial charge is 0.248 e. The Hall–Kier alpha value is -1.09. The van der Waals surface area contributed by atoms with Crippen LogP contribution in [0.1, 0.15) is 25.7 Å². The van der Waals surface area contributed by atoms with Gasteiger partial charge in [0.25, 0.3) is 0 Å². The molecule has 1 heterocycles. The van der Waals surface area contributed by atoms with Gasteiger partial charge in [0.1, 0.15) is 0 Å². The Kier molecular flexibility index (Phi) is 3.25. The fourth-order valence-corrected chi connectivity index (χ4v) is 3.14. The number of benzene rings is 1. The Labute approximate surface area is 116 Å². The van der Waals surface area contributed by atoms with E-state index in [0.29, 0.717) is 18.8 Å². The molecule has 0 atom stereocenters. The summed E-state index contributed by atoms with van der Waals surface area (Å²) in [5.74, 6) is -2.10. The minimum Gasteiger partial charge on any atom is -0.347 e. The van der Waals surface area contributed by atoms with E-state index in [1.165, 1.54) is 0 Å². The number of aromatic nitrogens is 1. The summed E-state index contributed by atoms with van der Waals surface area (Å²) < 4.78 is 28.4. The molecular formula is C15H16ClF2N. The number of alkyl halides is 2. The first-order valence-corrected chi connectivity index (χ1v) is 7.04. The third-order valence-corrected chi connectivity index (χ3v) is 4.38. The minimum absolute atomic E-state index is 0.0254. The van der Waals surface area contributed by atoms with Gasteiger partial charge in [0.2, 0.25) is 5.92 Å². The number of nitrogens with zero attached hydrogens (tertiary/aromatic N) is 1. The van der Waals surface area contributed by atoms with Crippen LogP contribution in [0.25, 0.3) is 10.9 Å². The summed E-state index contributed by atoms with van der Waals surface area (Å²) in [5, 5.41) is 1.77. The fourth-order valence-electron chi connectivity index (χ4n) is 2.91. The molecule has 0 amide bonds. The molecule has 0 saturated heterocycles. The van der Waals surface area contributed by atoms with E-state index in [9.17, 15) is 8.78 Å². The van der Waals surface area contributed by atoms with Crippen LogP contribution in [0.15, 0.2) is 30.5 Å². The lowest BCUT2D eigenvalue weighted by Crippen LogP contribution is -2.26. The van der Waals surface area contributed by atoms with Crippen LogP contribution in [-0.2, 0) is 6.54 Å². The van der Waals surface area contributed by atoms with Gasteiger partial charge in [-0.05, 0) is 37.0 Å². The van der Waals surface area contributed by atoms with Crippen LogP contribution in [0.5, 0.6) is 0 Å². The highest BCUT2D eigenvalue weighted by Crippen LogP contribution is 2.37. The quantitative estimate of drug-likeness (QED) is 0.721. The van der Waals surface area contributed by atoms with Gasteiger partial charge in [0.05, 0.1) is 0 Å². The van der Waals surface area contributed by atoms with Crippen molar-refractivity contribution in [2.75, 3.05) is 0 Å². The predicted octanol–water partition coefficient (Wildman–Crippen LogP) is 5.12. The highest BCUT2D eigenvalue weighted by Gasteiger charge is 2.34. The van der Waals surface area contributed by atoms with E-state index < -0.39 is 5.92 Å². The lowest BCUT2D eigenvalue weighted by molar-refractivity contribution is -0.0472. The van der Waals surface area contributed by atoms with Crippen molar-refractivity contribution in [3.8, 4) is 0 Å². The summed E-state index contributed by atoms with van der Waals surface area (Å²) in [5.41, 5.74) is 1.09. The van der Waals surface area contributed by atoms with Crippen molar-refractivity contribution in [1.29, 1.82) is 0 Å². The maximum absolute atomic E-state index is 13.1. The zero-order valence-corrected chi connectivity index (χ0v) is 11.3. The molecule has 4 heteroatoms. The van der Waals surface area contributed by atoms with Gasteiger partial charge in [-0.15, -0.1) is 0 Å². The van der Waals surface area contributed by atoms with E-state index in [1.807, 2.05) is 30.5 Å². The van der Waals surface area contributed by atoms with Crippen LogP contribution in [0, 0.1) is 5.92 Å². The topological polar surface area (TPSA) is 4.93 Å². The molecule has 0 unspecified atom stereocenters. The molecule has 1 aromatic heterocycles. The normalized spacial score (nSPS) is 19.9. The average molecular weight is 284 g/mol. The highest BCUT2D eigenvalue weighted by molar-refractivity contribution is 6.35. The molecule has 0 radical (unpaired) electrons. The number of fused-ring (bicyclic) bond motifs is 1. The van der Waals surface area contributed by atoms with Crippen LogP contribution >= 0.6 is 11.6 Å². The molecule has 0 N–H and O–H groups in total. The first-order valence-electron chi connectivity index (χ1n) is 6.66. The van der Waals surface area contributed by atoms with Crippen molar-refractivity contribution in [2.45, 2.75) is 38.2 Å². The molecule has 1 aliphatic carbocycles. The van der Waals surface area contributed by atoms with E-state index in [-0.39, 0.29) is 12.8 Å². The van der Waals surface area contributed by atoms with Crippen molar-refractivity contribution in [1.82, 2.24) is 4.57 Å². The van der Waals surface area contributed by atoms with E-state index in [4.69, 9.17) is 11.6 Å². The highest BCUT2D eigenvalue weighted by atomic mass is 35.5. The minimum atomic E-state index is -2.45. The molecule has 0 spiro atoms. The van der Waals surface area contributed by atoms with Crippen LogP contribution in [0.3, 0.4) is 0 Å². The summed E-state index contributed by atoms with van der Waals surface area (Å²) in [7, 11) is 0. The van der Waals surface area contributed by atoms with Gasteiger partial charge in [-0.25, -0.2) is 8.78 Å². The third kappa shape index (κ3) is 2.62. The van der Waals surface area contributed by atoms with E-state index in [1.54, 1.807) is 0 Å². The van der Waals surface area contributed by atoms with Crippen LogP contribution in [0.4, 0.5) is 8.78 Å². The monoisotopic (exact) mass is 283 g/mol. The summed E-state index contributed by atoms with van der Waals surface area (Å²) in [4.78, 5) is 0. The standard InChI is InChI=1S/C15H16ClF2N/c16-13-2-1-3-14-12(13)6-9-19(14)10-11-4-7-15(17,18)8-5-11/h1-3,6,9,11H,4-5,7-8,10H2. The molecule has 1 nitrogen and oxygen atoms in total. The second-order valence-electron chi connectivity index (χ2n) is 5.44. The Morgan fingerprint density at radius 3 is 2.68 bits per heavy atom. The lowest BCUT2D eigenvalue weighted by Gasteiger charge is -2.28. The van der Waals surface area contributed by atoms with Crippen molar-refractivity contribution in [3.05, 3.63) is 35.5 Å². The van der Waals surface area contributed by atoms with Gasteiger partial charge in [-0.3, -0.25) is 0 Å². The van der Waals surface area contributed by atoms with E-state index >= 15 is 0 Å². The molecule has 3 rings (SSSR count). The van der Waals surface area contributed by atoms with Crippen molar-refractivity contribution >= 4 is 22.5 Å². The Morgan fingerprint density at radius 1 is 1.21 bits per heavy atom. The van der Waals surface area contributed by atoms with E-state index in [0.717, 1.165) is 22.5 Å². The van der Waals surface area contributed by atoms with Crippen molar-refractivity contribution < 1.29 is 8.78 Å². The summed E-state index contributed by atoms with van der Waals surface area (Å²) in [6.07, 6.45) is 3.26. The number of rotatable bonds is 2. The first-order chi connectivity index (χ1) is 9.05. The lowest BCUT2D eigenvalue weighted by atomic mass is 9.87. The van der Waals surface area contributed by atoms with Crippen molar-refractivity contribution in [2.24, 2.45) is 5.92 Å². The van der Waals surface area contributed by atoms with Crippen molar-refractivity contribution in [3.63, 3.8) is 0 Å². The molecular weight excluding hydrogens is 268 g/mol. The Balaban J connectivity index is 1.78. The molecule has 0 aliphatic heterocycles. The van der Waals surface area contributed by atoms with Gasteiger partial charge in [0.15, 0.2) is 0 Å². The maximum atomic E-state index is 13.1. The molecule has 1 aromatic carbocycles. The molecule has 2 aromatic rings.